The molecular formula is C22H23FN6O4. The van der Waals surface area contributed by atoms with Crippen molar-refractivity contribution in [3.05, 3.63) is 81.4 Å². The Bertz CT molecular complexity index is 1140. The number of morpholine rings is 1. The first-order valence-corrected chi connectivity index (χ1v) is 10.5. The Morgan fingerprint density at radius 1 is 1.24 bits per heavy atom. The predicted molar refractivity (Wildman–Crippen MR) is 117 cm³/mol. The highest BCUT2D eigenvalue weighted by molar-refractivity contribution is 5.93. The fraction of sp³-hybridized carbons (Fsp3) is 0.318. The van der Waals surface area contributed by atoms with E-state index in [2.05, 4.69) is 20.5 Å². The van der Waals surface area contributed by atoms with Crippen molar-refractivity contribution in [2.45, 2.75) is 13.0 Å². The number of nitrogens with one attached hydrogen (secondary N) is 1. The molecule has 1 aliphatic rings. The van der Waals surface area contributed by atoms with E-state index in [-0.39, 0.29) is 29.8 Å². The van der Waals surface area contributed by atoms with Gasteiger partial charge in [0.15, 0.2) is 5.69 Å². The number of nitro benzene ring substituents is 1. The van der Waals surface area contributed by atoms with Crippen LogP contribution in [0.5, 0.6) is 0 Å². The van der Waals surface area contributed by atoms with E-state index in [0.717, 1.165) is 5.56 Å². The van der Waals surface area contributed by atoms with Crippen molar-refractivity contribution in [2.24, 2.45) is 0 Å². The van der Waals surface area contributed by atoms with Gasteiger partial charge in [-0.3, -0.25) is 19.8 Å². The van der Waals surface area contributed by atoms with E-state index in [4.69, 9.17) is 4.74 Å². The lowest BCUT2D eigenvalue weighted by atomic mass is 10.0. The minimum atomic E-state index is -0.495. The maximum atomic E-state index is 13.4. The molecule has 1 saturated heterocycles. The number of benzene rings is 2. The topological polar surface area (TPSA) is 115 Å². The largest absolute Gasteiger partial charge is 0.379 e. The molecule has 1 aliphatic heterocycles. The van der Waals surface area contributed by atoms with E-state index in [1.807, 2.05) is 0 Å². The second kappa shape index (κ2) is 9.84. The Hall–Kier alpha value is -3.70. The summed E-state index contributed by atoms with van der Waals surface area (Å²) < 4.78 is 20.2. The maximum Gasteiger partial charge on any atom is 0.273 e. The first kappa shape index (κ1) is 22.5. The molecule has 0 bridgehead atoms. The molecule has 1 amide bonds. The molecule has 4 rings (SSSR count). The number of aromatic nitrogens is 3. The molecule has 172 valence electrons. The second-order valence-electron chi connectivity index (χ2n) is 7.64. The zero-order valence-corrected chi connectivity index (χ0v) is 18.0. The summed E-state index contributed by atoms with van der Waals surface area (Å²) in [4.78, 5) is 25.7. The Morgan fingerprint density at radius 3 is 2.67 bits per heavy atom. The normalized spacial score (nSPS) is 15.2. The number of rotatable bonds is 7. The zero-order valence-electron chi connectivity index (χ0n) is 18.0. The number of non-ortho nitro benzene ring substituents is 1. The number of nitrogens with zero attached hydrogens (tertiary/aromatic N) is 5. The van der Waals surface area contributed by atoms with Crippen LogP contribution in [0.1, 0.15) is 27.8 Å². The van der Waals surface area contributed by atoms with E-state index in [1.165, 1.54) is 28.9 Å². The van der Waals surface area contributed by atoms with Gasteiger partial charge in [-0.05, 0) is 30.7 Å². The van der Waals surface area contributed by atoms with Crippen molar-refractivity contribution in [1.29, 1.82) is 0 Å². The van der Waals surface area contributed by atoms with Gasteiger partial charge in [0.1, 0.15) is 5.82 Å². The highest BCUT2D eigenvalue weighted by atomic mass is 19.1. The Kier molecular flexibility index (Phi) is 6.71. The molecule has 1 N–H and O–H groups in total. The molecule has 2 heterocycles. The molecule has 1 fully saturated rings. The van der Waals surface area contributed by atoms with Crippen LogP contribution in [0.3, 0.4) is 0 Å². The smallest absolute Gasteiger partial charge is 0.273 e. The van der Waals surface area contributed by atoms with Crippen LogP contribution in [-0.2, 0) is 4.74 Å². The summed E-state index contributed by atoms with van der Waals surface area (Å²) in [5.41, 5.74) is 1.82. The highest BCUT2D eigenvalue weighted by Crippen LogP contribution is 2.22. The summed E-state index contributed by atoms with van der Waals surface area (Å²) >= 11 is 0. The van der Waals surface area contributed by atoms with Gasteiger partial charge in [0.05, 0.1) is 35.6 Å². The lowest BCUT2D eigenvalue weighted by Crippen LogP contribution is -2.44. The number of carbonyl (C=O) groups excluding carboxylic acids is 1. The lowest BCUT2D eigenvalue weighted by molar-refractivity contribution is -0.384. The van der Waals surface area contributed by atoms with E-state index >= 15 is 0 Å². The van der Waals surface area contributed by atoms with Crippen LogP contribution in [0.25, 0.3) is 5.69 Å². The molecule has 2 aromatic carbocycles. The van der Waals surface area contributed by atoms with Crippen LogP contribution in [-0.4, -0.2) is 63.6 Å². The molecule has 10 nitrogen and oxygen atoms in total. The average Bonchev–Trinajstić information content (AvgIpc) is 3.22. The molecule has 0 spiro atoms. The molecule has 33 heavy (non-hydrogen) atoms. The van der Waals surface area contributed by atoms with Crippen LogP contribution < -0.4 is 5.32 Å². The van der Waals surface area contributed by atoms with Crippen molar-refractivity contribution < 1.29 is 18.8 Å². The monoisotopic (exact) mass is 454 g/mol. The van der Waals surface area contributed by atoms with Gasteiger partial charge in [0.2, 0.25) is 0 Å². The molecule has 0 radical (unpaired) electrons. The molecule has 0 saturated carbocycles. The quantitative estimate of drug-likeness (QED) is 0.431. The van der Waals surface area contributed by atoms with Crippen LogP contribution in [0.4, 0.5) is 10.1 Å². The number of carbonyl (C=O) groups is 1. The third kappa shape index (κ3) is 5.04. The Morgan fingerprint density at radius 2 is 1.97 bits per heavy atom. The average molecular weight is 454 g/mol. The van der Waals surface area contributed by atoms with Gasteiger partial charge in [0, 0.05) is 31.8 Å². The summed E-state index contributed by atoms with van der Waals surface area (Å²) in [5, 5.41) is 22.0. The van der Waals surface area contributed by atoms with Gasteiger partial charge in [-0.2, -0.15) is 0 Å². The molecular weight excluding hydrogens is 431 g/mol. The molecule has 3 aromatic rings. The number of halogens is 1. The predicted octanol–water partition coefficient (Wildman–Crippen LogP) is 2.43. The van der Waals surface area contributed by atoms with Crippen LogP contribution in [0.15, 0.2) is 48.5 Å². The van der Waals surface area contributed by atoms with Gasteiger partial charge < -0.3 is 10.1 Å². The summed E-state index contributed by atoms with van der Waals surface area (Å²) in [7, 11) is 0. The maximum absolute atomic E-state index is 13.4. The van der Waals surface area contributed by atoms with Gasteiger partial charge in [-0.25, -0.2) is 9.07 Å². The summed E-state index contributed by atoms with van der Waals surface area (Å²) in [5.74, 6) is -0.735. The summed E-state index contributed by atoms with van der Waals surface area (Å²) in [6.45, 7) is 4.52. The number of ether oxygens (including phenoxy) is 1. The first-order chi connectivity index (χ1) is 15.9. The van der Waals surface area contributed by atoms with Gasteiger partial charge >= 0.3 is 0 Å². The highest BCUT2D eigenvalue weighted by Gasteiger charge is 2.25. The molecule has 11 heteroatoms. The fourth-order valence-corrected chi connectivity index (χ4v) is 3.83. The zero-order chi connectivity index (χ0) is 23.4. The SMILES string of the molecule is Cc1c(C(=O)NCC(c2ccc(F)cc2)N2CCOCC2)nnn1-c1cccc([N+](=O)[O-])c1. The summed E-state index contributed by atoms with van der Waals surface area (Å²) in [6.07, 6.45) is 0. The second-order valence-corrected chi connectivity index (χ2v) is 7.64. The van der Waals surface area contributed by atoms with Crippen molar-refractivity contribution >= 4 is 11.6 Å². The third-order valence-corrected chi connectivity index (χ3v) is 5.59. The molecule has 0 aliphatic carbocycles. The van der Waals surface area contributed by atoms with E-state index in [0.29, 0.717) is 37.7 Å². The van der Waals surface area contributed by atoms with E-state index in [9.17, 15) is 19.3 Å². The minimum absolute atomic E-state index is 0.0824. The van der Waals surface area contributed by atoms with Crippen molar-refractivity contribution in [1.82, 2.24) is 25.2 Å². The van der Waals surface area contributed by atoms with Crippen LogP contribution >= 0.6 is 0 Å². The first-order valence-electron chi connectivity index (χ1n) is 10.5. The fourth-order valence-electron chi connectivity index (χ4n) is 3.83. The number of hydrogen-bond donors (Lipinski definition) is 1. The standard InChI is InChI=1S/C22H23FN6O4/c1-15-21(25-26-28(15)18-3-2-4-19(13-18)29(31)32)22(30)24-14-20(27-9-11-33-12-10-27)16-5-7-17(23)8-6-16/h2-8,13,20H,9-12,14H2,1H3,(H,24,30). The van der Waals surface area contributed by atoms with Crippen molar-refractivity contribution in [2.75, 3.05) is 32.8 Å². The minimum Gasteiger partial charge on any atom is -0.379 e. The van der Waals surface area contributed by atoms with Crippen LogP contribution in [0.2, 0.25) is 0 Å². The van der Waals surface area contributed by atoms with Crippen molar-refractivity contribution in [3.8, 4) is 5.69 Å². The van der Waals surface area contributed by atoms with E-state index < -0.39 is 10.8 Å². The molecule has 1 aromatic heterocycles. The molecule has 1 atom stereocenters. The van der Waals surface area contributed by atoms with E-state index in [1.54, 1.807) is 31.2 Å². The number of hydrogen-bond acceptors (Lipinski definition) is 7. The Balaban J connectivity index is 1.51. The van der Waals surface area contributed by atoms with Crippen molar-refractivity contribution in [3.63, 3.8) is 0 Å². The summed E-state index contributed by atoms with van der Waals surface area (Å²) in [6, 6.07) is 12.0. The third-order valence-electron chi connectivity index (χ3n) is 5.59. The van der Waals surface area contributed by atoms with Crippen LogP contribution in [0, 0.1) is 22.9 Å². The number of amides is 1. The van der Waals surface area contributed by atoms with Gasteiger partial charge in [-0.1, -0.05) is 23.4 Å². The lowest BCUT2D eigenvalue weighted by Gasteiger charge is -2.34. The molecule has 1 unspecified atom stereocenters. The van der Waals surface area contributed by atoms with Gasteiger partial charge in [-0.15, -0.1) is 5.10 Å². The Labute approximate surface area is 189 Å². The van der Waals surface area contributed by atoms with Gasteiger partial charge in [0.25, 0.3) is 11.6 Å². The number of nitro groups is 1.